The summed E-state index contributed by atoms with van der Waals surface area (Å²) in [6, 6.07) is 0. The third-order valence-corrected chi connectivity index (χ3v) is 18.3. The van der Waals surface area contributed by atoms with Gasteiger partial charge in [-0.05, 0) is 77.0 Å². The number of phosphoric acid groups is 1. The largest absolute Gasteiger partial charge is 0.756 e. The standard InChI is InChI=1S/C78H148NO8P/c1-6-8-10-12-14-16-18-20-22-24-26-28-30-32-34-36-38-39-41-43-45-47-49-51-53-55-57-59-61-63-65-67-69-71-78(81)87-76(75-86-88(82,83)85-73-72-79(3,4)5)74-84-77(80)70-68-66-64-62-60-58-56-54-52-50-48-46-44-42-40-37-35-33-31-29-27-25-23-21-19-17-15-13-11-9-7-2/h18-21,24-27,76H,6-17,22-23,28-75H2,1-5H3/b20-18-,21-19-,26-24-,27-25-. The summed E-state index contributed by atoms with van der Waals surface area (Å²) < 4.78 is 34.4. The molecule has 0 amide bonds. The first-order valence-electron chi connectivity index (χ1n) is 38.3. The predicted octanol–water partition coefficient (Wildman–Crippen LogP) is 24.5. The molecule has 0 bridgehead atoms. The summed E-state index contributed by atoms with van der Waals surface area (Å²) >= 11 is 0. The summed E-state index contributed by atoms with van der Waals surface area (Å²) in [7, 11) is 1.19. The van der Waals surface area contributed by atoms with Gasteiger partial charge in [0.05, 0.1) is 27.7 Å². The second-order valence-electron chi connectivity index (χ2n) is 27.4. The molecule has 0 aliphatic heterocycles. The Morgan fingerprint density at radius 2 is 0.614 bits per heavy atom. The second-order valence-corrected chi connectivity index (χ2v) is 28.8. The van der Waals surface area contributed by atoms with Crippen molar-refractivity contribution in [1.82, 2.24) is 0 Å². The molecule has 518 valence electrons. The fraction of sp³-hybridized carbons (Fsp3) is 0.872. The van der Waals surface area contributed by atoms with Gasteiger partial charge in [-0.3, -0.25) is 14.2 Å². The molecule has 0 aromatic rings. The van der Waals surface area contributed by atoms with E-state index in [1.165, 1.54) is 308 Å². The number of unbranched alkanes of at least 4 members (excludes halogenated alkanes) is 50. The third-order valence-electron chi connectivity index (χ3n) is 17.3. The summed E-state index contributed by atoms with van der Waals surface area (Å²) in [5, 5.41) is 0. The fourth-order valence-electron chi connectivity index (χ4n) is 11.4. The molecule has 0 heterocycles. The Hall–Kier alpha value is -2.03. The van der Waals surface area contributed by atoms with Gasteiger partial charge in [-0.15, -0.1) is 0 Å². The zero-order valence-corrected chi connectivity index (χ0v) is 60.1. The van der Waals surface area contributed by atoms with E-state index in [0.717, 1.165) is 44.9 Å². The van der Waals surface area contributed by atoms with Crippen LogP contribution < -0.4 is 4.89 Å². The molecule has 0 saturated heterocycles. The number of carbonyl (C=O) groups is 2. The van der Waals surface area contributed by atoms with Crippen LogP contribution in [0, 0.1) is 0 Å². The molecule has 0 rings (SSSR count). The summed E-state index contributed by atoms with van der Waals surface area (Å²) in [6.07, 6.45) is 90.8. The zero-order valence-electron chi connectivity index (χ0n) is 59.2. The summed E-state index contributed by atoms with van der Waals surface area (Å²) in [5.41, 5.74) is 0. The van der Waals surface area contributed by atoms with Crippen molar-refractivity contribution in [1.29, 1.82) is 0 Å². The highest BCUT2D eigenvalue weighted by Gasteiger charge is 2.22. The van der Waals surface area contributed by atoms with Crippen LogP contribution in [-0.2, 0) is 32.7 Å². The van der Waals surface area contributed by atoms with Crippen LogP contribution >= 0.6 is 7.82 Å². The lowest BCUT2D eigenvalue weighted by Crippen LogP contribution is -2.37. The minimum Gasteiger partial charge on any atom is -0.756 e. The summed E-state index contributed by atoms with van der Waals surface area (Å²) in [5.74, 6) is -0.811. The van der Waals surface area contributed by atoms with Crippen molar-refractivity contribution >= 4 is 19.8 Å². The first kappa shape index (κ1) is 86.0. The van der Waals surface area contributed by atoms with Crippen LogP contribution in [0.4, 0.5) is 0 Å². The lowest BCUT2D eigenvalue weighted by molar-refractivity contribution is -0.870. The highest BCUT2D eigenvalue weighted by molar-refractivity contribution is 7.45. The molecule has 0 N–H and O–H groups in total. The average Bonchev–Trinajstić information content (AvgIpc) is 3.56. The summed E-state index contributed by atoms with van der Waals surface area (Å²) in [6.45, 7) is 4.29. The van der Waals surface area contributed by atoms with Gasteiger partial charge in [-0.1, -0.05) is 345 Å². The third kappa shape index (κ3) is 73.0. The number of nitrogens with zero attached hydrogens (tertiary/aromatic N) is 1. The van der Waals surface area contributed by atoms with E-state index < -0.39 is 26.5 Å². The van der Waals surface area contributed by atoms with E-state index in [1.54, 1.807) is 0 Å². The quantitative estimate of drug-likeness (QED) is 0.0195. The number of hydrogen-bond acceptors (Lipinski definition) is 8. The number of likely N-dealkylation sites (N-methyl/N-ethyl adjacent to an activating group) is 1. The van der Waals surface area contributed by atoms with E-state index in [9.17, 15) is 19.0 Å². The molecular formula is C78H148NO8P. The Morgan fingerprint density at radius 3 is 0.898 bits per heavy atom. The van der Waals surface area contributed by atoms with Crippen molar-refractivity contribution < 1.29 is 42.1 Å². The Labute approximate surface area is 547 Å². The molecule has 0 aromatic heterocycles. The van der Waals surface area contributed by atoms with Gasteiger partial charge in [0.1, 0.15) is 19.8 Å². The molecule has 0 saturated carbocycles. The van der Waals surface area contributed by atoms with Gasteiger partial charge in [0.25, 0.3) is 7.82 Å². The van der Waals surface area contributed by atoms with Crippen LogP contribution in [0.3, 0.4) is 0 Å². The highest BCUT2D eigenvalue weighted by atomic mass is 31.2. The van der Waals surface area contributed by atoms with Crippen molar-refractivity contribution in [3.63, 3.8) is 0 Å². The molecule has 2 unspecified atom stereocenters. The molecule has 10 heteroatoms. The normalized spacial score (nSPS) is 13.3. The number of phosphoric ester groups is 1. The van der Waals surface area contributed by atoms with E-state index in [-0.39, 0.29) is 32.0 Å². The van der Waals surface area contributed by atoms with Crippen molar-refractivity contribution in [2.75, 3.05) is 47.5 Å². The van der Waals surface area contributed by atoms with Crippen molar-refractivity contribution in [2.45, 2.75) is 392 Å². The van der Waals surface area contributed by atoms with E-state index >= 15 is 0 Å². The lowest BCUT2D eigenvalue weighted by Gasteiger charge is -2.28. The van der Waals surface area contributed by atoms with E-state index in [4.69, 9.17) is 18.5 Å². The Bertz CT molecular complexity index is 1620. The monoisotopic (exact) mass is 1260 g/mol. The highest BCUT2D eigenvalue weighted by Crippen LogP contribution is 2.38. The van der Waals surface area contributed by atoms with E-state index in [2.05, 4.69) is 62.5 Å². The second kappa shape index (κ2) is 69.3. The minimum absolute atomic E-state index is 0.0282. The first-order chi connectivity index (χ1) is 43.0. The molecular weight excluding hydrogens is 1110 g/mol. The number of carbonyl (C=O) groups excluding carboxylic acids is 2. The van der Waals surface area contributed by atoms with Crippen molar-refractivity contribution in [3.8, 4) is 0 Å². The van der Waals surface area contributed by atoms with Crippen LogP contribution in [0.15, 0.2) is 48.6 Å². The van der Waals surface area contributed by atoms with Crippen LogP contribution in [-0.4, -0.2) is 70.0 Å². The smallest absolute Gasteiger partial charge is 0.306 e. The average molecular weight is 1260 g/mol. The van der Waals surface area contributed by atoms with E-state index in [0.29, 0.717) is 17.4 Å². The number of allylic oxidation sites excluding steroid dienone is 8. The molecule has 0 aliphatic carbocycles. The molecule has 2 atom stereocenters. The molecule has 0 aliphatic rings. The van der Waals surface area contributed by atoms with Gasteiger partial charge in [0.2, 0.25) is 0 Å². The van der Waals surface area contributed by atoms with Gasteiger partial charge < -0.3 is 27.9 Å². The van der Waals surface area contributed by atoms with Gasteiger partial charge >= 0.3 is 11.9 Å². The van der Waals surface area contributed by atoms with Crippen molar-refractivity contribution in [2.24, 2.45) is 0 Å². The van der Waals surface area contributed by atoms with Crippen LogP contribution in [0.5, 0.6) is 0 Å². The Balaban J connectivity index is 3.95. The number of hydrogen-bond donors (Lipinski definition) is 0. The maximum atomic E-state index is 12.9. The SMILES string of the molecule is CCCCCCC/C=C\C/C=C\CCCCCCCCCCCCCCCCCCCCCCCC(=O)OC(COC(=O)CCCCCCCCCCCCCCCCCCCCC/C=C\C/C=C\CCCCCCC)COP(=O)([O-])OCC[N+](C)(C)C. The maximum Gasteiger partial charge on any atom is 0.306 e. The van der Waals surface area contributed by atoms with Gasteiger partial charge in [-0.25, -0.2) is 0 Å². The predicted molar refractivity (Wildman–Crippen MR) is 379 cm³/mol. The van der Waals surface area contributed by atoms with Crippen LogP contribution in [0.2, 0.25) is 0 Å². The van der Waals surface area contributed by atoms with Gasteiger partial charge in [0, 0.05) is 12.8 Å². The van der Waals surface area contributed by atoms with Crippen LogP contribution in [0.25, 0.3) is 0 Å². The zero-order chi connectivity index (χ0) is 64.1. The van der Waals surface area contributed by atoms with E-state index in [1.807, 2.05) is 21.1 Å². The minimum atomic E-state index is -4.64. The maximum absolute atomic E-state index is 12.9. The molecule has 0 radical (unpaired) electrons. The molecule has 0 spiro atoms. The number of ether oxygens (including phenoxy) is 2. The van der Waals surface area contributed by atoms with Crippen molar-refractivity contribution in [3.05, 3.63) is 48.6 Å². The van der Waals surface area contributed by atoms with Crippen LogP contribution in [0.1, 0.15) is 386 Å². The first-order valence-corrected chi connectivity index (χ1v) is 39.8. The lowest BCUT2D eigenvalue weighted by atomic mass is 10.0. The summed E-state index contributed by atoms with van der Waals surface area (Å²) in [4.78, 5) is 38.1. The molecule has 0 fully saturated rings. The number of rotatable bonds is 72. The molecule has 9 nitrogen and oxygen atoms in total. The number of quaternary nitrogens is 1. The molecule has 88 heavy (non-hydrogen) atoms. The number of esters is 2. The molecule has 0 aromatic carbocycles. The fourth-order valence-corrected chi connectivity index (χ4v) is 12.2. The Kier molecular flexibility index (Phi) is 67.7. The van der Waals surface area contributed by atoms with Gasteiger partial charge in [-0.2, -0.15) is 0 Å². The topological polar surface area (TPSA) is 111 Å². The Morgan fingerprint density at radius 1 is 0.352 bits per heavy atom. The van der Waals surface area contributed by atoms with Gasteiger partial charge in [0.15, 0.2) is 6.10 Å².